The van der Waals surface area contributed by atoms with E-state index in [9.17, 15) is 14.4 Å². The molecule has 4 aromatic rings. The maximum atomic E-state index is 13.3. The minimum Gasteiger partial charge on any atom is -0.489 e. The average Bonchev–Trinajstić information content (AvgIpc) is 3.14. The molecule has 1 aliphatic heterocycles. The Kier molecular flexibility index (Phi) is 6.07. The molecule has 0 aliphatic carbocycles. The van der Waals surface area contributed by atoms with E-state index in [1.54, 1.807) is 45.2 Å². The number of aromatic nitrogens is 3. The smallest absolute Gasteiger partial charge is 0.417 e. The van der Waals surface area contributed by atoms with Gasteiger partial charge in [0.25, 0.3) is 11.5 Å². The average molecular weight is 501 g/mol. The Morgan fingerprint density at radius 3 is 2.51 bits per heavy atom. The number of pyridine rings is 2. The van der Waals surface area contributed by atoms with Gasteiger partial charge in [-0.05, 0) is 44.5 Å². The van der Waals surface area contributed by atoms with E-state index in [1.165, 1.54) is 10.6 Å². The Labute approximate surface area is 213 Å². The number of carbonyl (C=O) groups is 2. The van der Waals surface area contributed by atoms with E-state index in [-0.39, 0.29) is 12.1 Å². The lowest BCUT2D eigenvalue weighted by Gasteiger charge is -2.29. The number of hydrogen-bond donors (Lipinski definition) is 0. The van der Waals surface area contributed by atoms with Crippen molar-refractivity contribution in [3.8, 4) is 11.6 Å². The molecule has 1 aromatic carbocycles. The number of fused-ring (bicyclic) bond motifs is 3. The number of aryl methyl sites for hydroxylation is 1. The lowest BCUT2D eigenvalue weighted by atomic mass is 10.0. The number of benzene rings is 1. The Morgan fingerprint density at radius 2 is 1.81 bits per heavy atom. The molecule has 190 valence electrons. The minimum absolute atomic E-state index is 0.224. The third-order valence-corrected chi connectivity index (χ3v) is 6.17. The number of amides is 2. The Bertz CT molecular complexity index is 1560. The van der Waals surface area contributed by atoms with E-state index in [0.29, 0.717) is 41.2 Å². The van der Waals surface area contributed by atoms with Crippen LogP contribution in [-0.2, 0) is 24.8 Å². The summed E-state index contributed by atoms with van der Waals surface area (Å²) >= 11 is 0. The number of rotatable bonds is 4. The van der Waals surface area contributed by atoms with E-state index in [4.69, 9.17) is 14.5 Å². The molecule has 0 radical (unpaired) electrons. The fourth-order valence-corrected chi connectivity index (χ4v) is 4.43. The lowest BCUT2D eigenvalue weighted by Crippen LogP contribution is -2.44. The second-order valence-electron chi connectivity index (χ2n) is 9.95. The number of hydrogen-bond acceptors (Lipinski definition) is 6. The standard InChI is InChI=1S/C28H28N4O5/c1-28(2,3)37-27(35)32-15-13-21-24(26(32)34)20-10-11-22(29-25(20)30(21)4)31-14-12-19(16-23(31)33)36-17-18-8-6-5-7-9-18/h5-12,14,16H,13,15,17H2,1-4H3. The van der Waals surface area contributed by atoms with Crippen LogP contribution in [0.15, 0.2) is 65.6 Å². The predicted octanol–water partition coefficient (Wildman–Crippen LogP) is 4.24. The molecular weight excluding hydrogens is 472 g/mol. The highest BCUT2D eigenvalue weighted by molar-refractivity contribution is 6.13. The van der Waals surface area contributed by atoms with Gasteiger partial charge in [0.05, 0.1) is 5.56 Å². The first-order valence-corrected chi connectivity index (χ1v) is 12.1. The van der Waals surface area contributed by atoms with Gasteiger partial charge in [-0.15, -0.1) is 0 Å². The van der Waals surface area contributed by atoms with E-state index < -0.39 is 17.6 Å². The Hall–Kier alpha value is -4.40. The van der Waals surface area contributed by atoms with Gasteiger partial charge in [0.1, 0.15) is 29.4 Å². The fourth-order valence-electron chi connectivity index (χ4n) is 4.43. The third kappa shape index (κ3) is 4.72. The predicted molar refractivity (Wildman–Crippen MR) is 138 cm³/mol. The normalized spacial score (nSPS) is 13.5. The van der Waals surface area contributed by atoms with Gasteiger partial charge in [-0.2, -0.15) is 0 Å². The molecule has 0 atom stereocenters. The SMILES string of the molecule is Cn1c2c(c3ccc(-n4ccc(OCc5ccccc5)cc4=O)nc31)C(=O)N(C(=O)OC(C)(C)C)CC2. The highest BCUT2D eigenvalue weighted by atomic mass is 16.6. The summed E-state index contributed by atoms with van der Waals surface area (Å²) in [5.41, 5.74) is 1.79. The molecule has 4 heterocycles. The maximum absolute atomic E-state index is 13.3. The number of nitrogens with zero attached hydrogens (tertiary/aromatic N) is 4. The lowest BCUT2D eigenvalue weighted by molar-refractivity contribution is 0.0233. The van der Waals surface area contributed by atoms with Gasteiger partial charge < -0.3 is 14.0 Å². The minimum atomic E-state index is -0.706. The van der Waals surface area contributed by atoms with Crippen molar-refractivity contribution in [1.82, 2.24) is 19.0 Å². The first kappa shape index (κ1) is 24.3. The quantitative estimate of drug-likeness (QED) is 0.416. The van der Waals surface area contributed by atoms with Crippen molar-refractivity contribution in [2.75, 3.05) is 6.54 Å². The van der Waals surface area contributed by atoms with Crippen LogP contribution < -0.4 is 10.3 Å². The molecule has 2 amide bonds. The van der Waals surface area contributed by atoms with Crippen molar-refractivity contribution in [2.45, 2.75) is 39.4 Å². The van der Waals surface area contributed by atoms with Gasteiger partial charge in [-0.3, -0.25) is 14.2 Å². The molecule has 9 nitrogen and oxygen atoms in total. The van der Waals surface area contributed by atoms with Gasteiger partial charge in [0, 0.05) is 43.4 Å². The maximum Gasteiger partial charge on any atom is 0.417 e. The summed E-state index contributed by atoms with van der Waals surface area (Å²) in [4.78, 5) is 44.6. The van der Waals surface area contributed by atoms with Crippen molar-refractivity contribution in [1.29, 1.82) is 0 Å². The highest BCUT2D eigenvalue weighted by Crippen LogP contribution is 2.30. The summed E-state index contributed by atoms with van der Waals surface area (Å²) < 4.78 is 14.5. The fraction of sp³-hybridized carbons (Fsp3) is 0.286. The molecule has 3 aromatic heterocycles. The van der Waals surface area contributed by atoms with Crippen molar-refractivity contribution < 1.29 is 19.1 Å². The van der Waals surface area contributed by atoms with Crippen LogP contribution in [0.5, 0.6) is 5.75 Å². The zero-order chi connectivity index (χ0) is 26.3. The molecule has 0 bridgehead atoms. The molecule has 0 saturated carbocycles. The van der Waals surface area contributed by atoms with Crippen LogP contribution in [-0.4, -0.2) is 43.2 Å². The van der Waals surface area contributed by atoms with Crippen molar-refractivity contribution in [2.24, 2.45) is 7.05 Å². The van der Waals surface area contributed by atoms with Crippen LogP contribution in [0.4, 0.5) is 4.79 Å². The van der Waals surface area contributed by atoms with Crippen molar-refractivity contribution in [3.63, 3.8) is 0 Å². The number of carbonyl (C=O) groups excluding carboxylic acids is 2. The Morgan fingerprint density at radius 1 is 1.05 bits per heavy atom. The van der Waals surface area contributed by atoms with Crippen LogP contribution in [0.3, 0.4) is 0 Å². The van der Waals surface area contributed by atoms with Crippen LogP contribution in [0.2, 0.25) is 0 Å². The molecule has 1 aliphatic rings. The zero-order valence-corrected chi connectivity index (χ0v) is 21.2. The van der Waals surface area contributed by atoms with E-state index in [0.717, 1.165) is 16.2 Å². The first-order chi connectivity index (χ1) is 17.6. The number of imide groups is 1. The Balaban J connectivity index is 1.43. The molecule has 0 unspecified atom stereocenters. The largest absolute Gasteiger partial charge is 0.489 e. The summed E-state index contributed by atoms with van der Waals surface area (Å²) in [6, 6.07) is 16.3. The molecule has 0 spiro atoms. The van der Waals surface area contributed by atoms with Gasteiger partial charge in [-0.25, -0.2) is 14.7 Å². The van der Waals surface area contributed by atoms with E-state index in [2.05, 4.69) is 0 Å². The second kappa shape index (κ2) is 9.24. The van der Waals surface area contributed by atoms with Crippen molar-refractivity contribution in [3.05, 3.63) is 88.0 Å². The zero-order valence-electron chi connectivity index (χ0n) is 21.2. The first-order valence-electron chi connectivity index (χ1n) is 12.1. The second-order valence-corrected chi connectivity index (χ2v) is 9.95. The topological polar surface area (TPSA) is 95.7 Å². The van der Waals surface area contributed by atoms with Crippen LogP contribution in [0.1, 0.15) is 42.4 Å². The van der Waals surface area contributed by atoms with Crippen molar-refractivity contribution >= 4 is 23.0 Å². The molecule has 9 heteroatoms. The molecule has 37 heavy (non-hydrogen) atoms. The van der Waals surface area contributed by atoms with E-state index in [1.807, 2.05) is 41.9 Å². The van der Waals surface area contributed by atoms with Gasteiger partial charge in [0.2, 0.25) is 0 Å². The van der Waals surface area contributed by atoms with Crippen LogP contribution in [0, 0.1) is 0 Å². The molecule has 0 saturated heterocycles. The van der Waals surface area contributed by atoms with E-state index >= 15 is 0 Å². The number of ether oxygens (including phenoxy) is 2. The van der Waals surface area contributed by atoms with Gasteiger partial charge in [0.15, 0.2) is 0 Å². The summed E-state index contributed by atoms with van der Waals surface area (Å²) in [6.07, 6.45) is 1.44. The summed E-state index contributed by atoms with van der Waals surface area (Å²) in [5, 5.41) is 0.621. The third-order valence-electron chi connectivity index (χ3n) is 6.17. The summed E-state index contributed by atoms with van der Waals surface area (Å²) in [6.45, 7) is 5.87. The van der Waals surface area contributed by atoms with Gasteiger partial charge in [-0.1, -0.05) is 30.3 Å². The summed E-state index contributed by atoms with van der Waals surface area (Å²) in [5.74, 6) is 0.475. The summed E-state index contributed by atoms with van der Waals surface area (Å²) in [7, 11) is 1.83. The molecule has 0 fully saturated rings. The monoisotopic (exact) mass is 500 g/mol. The van der Waals surface area contributed by atoms with Gasteiger partial charge >= 0.3 is 6.09 Å². The molecular formula is C28H28N4O5. The molecule has 5 rings (SSSR count). The highest BCUT2D eigenvalue weighted by Gasteiger charge is 2.36. The molecule has 0 N–H and O–H groups in total. The van der Waals surface area contributed by atoms with Crippen LogP contribution >= 0.6 is 0 Å². The van der Waals surface area contributed by atoms with Crippen LogP contribution in [0.25, 0.3) is 16.9 Å².